The molecule has 0 saturated carbocycles. The molecule has 1 rings (SSSR count). The first-order valence-corrected chi connectivity index (χ1v) is 8.70. The van der Waals surface area contributed by atoms with Crippen molar-refractivity contribution in [3.8, 4) is 0 Å². The van der Waals surface area contributed by atoms with Crippen LogP contribution in [0.4, 0.5) is 0 Å². The molecule has 0 unspecified atom stereocenters. The summed E-state index contributed by atoms with van der Waals surface area (Å²) in [6.45, 7) is 0.266. The van der Waals surface area contributed by atoms with E-state index >= 15 is 0 Å². The van der Waals surface area contributed by atoms with Gasteiger partial charge in [-0.15, -0.1) is 0 Å². The van der Waals surface area contributed by atoms with Gasteiger partial charge in [-0.3, -0.25) is 9.05 Å². The third-order valence-electron chi connectivity index (χ3n) is 0.326. The molecule has 1 saturated heterocycles. The molecule has 0 amide bonds. The fourth-order valence-corrected chi connectivity index (χ4v) is 0.300. The molecule has 50 valence electrons. The predicted octanol–water partition coefficient (Wildman–Crippen LogP) is 1.98. The second-order valence-corrected chi connectivity index (χ2v) is 1.61. The first-order chi connectivity index (χ1) is 3.39. The van der Waals surface area contributed by atoms with Crippen LogP contribution in [0.15, 0.2) is 0 Å². The normalized spacial score (nSPS) is 16.9. The van der Waals surface area contributed by atoms with Gasteiger partial charge in [-0.05, 0) is 0 Å². The van der Waals surface area contributed by atoms with Gasteiger partial charge in [0.05, 0.1) is 0 Å². The van der Waals surface area contributed by atoms with Gasteiger partial charge in [0.25, 0.3) is 0 Å². The van der Waals surface area contributed by atoms with Crippen LogP contribution in [0.2, 0.25) is 0 Å². The minimum Gasteiger partial charge on any atom is -0.328 e. The Kier molecular flexibility index (Phi) is 15.5. The van der Waals surface area contributed by atoms with Gasteiger partial charge in [-0.2, -0.15) is 0 Å². The van der Waals surface area contributed by atoms with Gasteiger partial charge in [0, 0.05) is 58.3 Å². The first kappa shape index (κ1) is 13.1. The summed E-state index contributed by atoms with van der Waals surface area (Å²) in [7, 11) is -1.42. The van der Waals surface area contributed by atoms with Crippen LogP contribution in [-0.4, -0.2) is 11.7 Å². The third-order valence-corrected chi connectivity index (χ3v) is 0.979. The fraction of sp³-hybridized carbons (Fsp3) is 1.00. The van der Waals surface area contributed by atoms with E-state index in [2.05, 4.69) is 46.3 Å². The van der Waals surface area contributed by atoms with Crippen LogP contribution in [0.5, 0.6) is 0 Å². The Morgan fingerprint density at radius 3 is 1.62 bits per heavy atom. The van der Waals surface area contributed by atoms with E-state index in [0.717, 1.165) is 0 Å². The fourth-order valence-electron chi connectivity index (χ4n) is 0.0998. The average molecular weight is 532 g/mol. The zero-order valence-corrected chi connectivity index (χ0v) is 11.7. The Morgan fingerprint density at radius 2 is 1.62 bits per heavy atom. The standard InChI is InChI=1S/CH3O3P.I2.W/c2-5-3-1-4-5;1-2;/h2H,1H2;;. The van der Waals surface area contributed by atoms with E-state index in [1.807, 2.05) is 0 Å². The van der Waals surface area contributed by atoms with Crippen molar-refractivity contribution in [2.45, 2.75) is 0 Å². The van der Waals surface area contributed by atoms with Gasteiger partial charge >= 0.3 is 8.60 Å². The molecule has 8 heavy (non-hydrogen) atoms. The van der Waals surface area contributed by atoms with Crippen molar-refractivity contribution in [3.63, 3.8) is 0 Å². The van der Waals surface area contributed by atoms with E-state index in [0.29, 0.717) is 0 Å². The van der Waals surface area contributed by atoms with Crippen LogP contribution < -0.4 is 0 Å². The van der Waals surface area contributed by atoms with E-state index in [1.165, 1.54) is 0 Å². The Balaban J connectivity index is 0. The van der Waals surface area contributed by atoms with Crippen molar-refractivity contribution < 1.29 is 35.0 Å². The first-order valence-electron chi connectivity index (χ1n) is 1.29. The minimum atomic E-state index is -1.42. The van der Waals surface area contributed by atoms with Crippen molar-refractivity contribution in [1.82, 2.24) is 0 Å². The Labute approximate surface area is 86.5 Å². The Hall–Kier alpha value is 2.46. The van der Waals surface area contributed by atoms with Gasteiger partial charge in [0.2, 0.25) is 0 Å². The van der Waals surface area contributed by atoms with Crippen LogP contribution in [0, 0.1) is 0 Å². The van der Waals surface area contributed by atoms with Crippen molar-refractivity contribution in [2.24, 2.45) is 0 Å². The van der Waals surface area contributed by atoms with Gasteiger partial charge in [0.15, 0.2) is 6.79 Å². The molecule has 0 aromatic heterocycles. The molecule has 1 fully saturated rings. The molecule has 0 atom stereocenters. The molecule has 0 spiro atoms. The van der Waals surface area contributed by atoms with Crippen LogP contribution in [0.1, 0.15) is 0 Å². The molecule has 0 aliphatic carbocycles. The van der Waals surface area contributed by atoms with Gasteiger partial charge < -0.3 is 4.89 Å². The Bertz CT molecular complexity index is 44.3. The number of halogens is 2. The zero-order valence-electron chi connectivity index (χ0n) is 3.58. The zero-order chi connectivity index (χ0) is 5.70. The van der Waals surface area contributed by atoms with E-state index < -0.39 is 8.60 Å². The number of hydrogen-bond acceptors (Lipinski definition) is 3. The van der Waals surface area contributed by atoms with Crippen molar-refractivity contribution >= 4 is 45.8 Å². The average Bonchev–Trinajstić information content (AvgIpc) is 1.68. The summed E-state index contributed by atoms with van der Waals surface area (Å²) in [5.74, 6) is 0. The van der Waals surface area contributed by atoms with Crippen LogP contribution in [0.3, 0.4) is 0 Å². The molecule has 0 radical (unpaired) electrons. The number of hydrogen-bond donors (Lipinski definition) is 1. The smallest absolute Gasteiger partial charge is 0.328 e. The topological polar surface area (TPSA) is 38.7 Å². The van der Waals surface area contributed by atoms with Crippen molar-refractivity contribution in [3.05, 3.63) is 0 Å². The Morgan fingerprint density at radius 1 is 1.38 bits per heavy atom. The summed E-state index contributed by atoms with van der Waals surface area (Å²) >= 11 is 4.24. The summed E-state index contributed by atoms with van der Waals surface area (Å²) in [5, 5.41) is 0. The van der Waals surface area contributed by atoms with Crippen molar-refractivity contribution in [2.75, 3.05) is 6.79 Å². The molecule has 0 aromatic rings. The third kappa shape index (κ3) is 6.58. The maximum Gasteiger partial charge on any atom is 0.334 e. The second kappa shape index (κ2) is 9.46. The monoisotopic (exact) mass is 532 g/mol. The van der Waals surface area contributed by atoms with Gasteiger partial charge in [0.1, 0.15) is 0 Å². The summed E-state index contributed by atoms with van der Waals surface area (Å²) in [4.78, 5) is 8.07. The molecular formula is CH3I2O3PW. The molecular weight excluding hydrogens is 529 g/mol. The largest absolute Gasteiger partial charge is 0.334 e. The van der Waals surface area contributed by atoms with Crippen LogP contribution in [-0.2, 0) is 30.1 Å². The van der Waals surface area contributed by atoms with Crippen molar-refractivity contribution in [1.29, 1.82) is 0 Å². The quantitative estimate of drug-likeness (QED) is 0.384. The molecule has 1 aliphatic heterocycles. The summed E-state index contributed by atoms with van der Waals surface area (Å²) < 4.78 is 8.66. The van der Waals surface area contributed by atoms with E-state index in [1.54, 1.807) is 0 Å². The maximum absolute atomic E-state index is 8.07. The molecule has 1 N–H and O–H groups in total. The molecule has 0 bridgehead atoms. The minimum absolute atomic E-state index is 0. The van der Waals surface area contributed by atoms with E-state index in [9.17, 15) is 0 Å². The second-order valence-electron chi connectivity index (χ2n) is 0.614. The van der Waals surface area contributed by atoms with Gasteiger partial charge in [-0.25, -0.2) is 0 Å². The maximum atomic E-state index is 8.07. The molecule has 3 nitrogen and oxygen atoms in total. The van der Waals surface area contributed by atoms with E-state index in [4.69, 9.17) is 4.89 Å². The van der Waals surface area contributed by atoms with E-state index in [-0.39, 0.29) is 27.9 Å². The summed E-state index contributed by atoms with van der Waals surface area (Å²) in [6, 6.07) is 0. The molecule has 1 aliphatic rings. The summed E-state index contributed by atoms with van der Waals surface area (Å²) in [5.41, 5.74) is 0. The predicted molar refractivity (Wildman–Crippen MR) is 44.2 cm³/mol. The molecule has 1 heterocycles. The SMILES string of the molecule is II.OP1OCO1.[W]. The summed E-state index contributed by atoms with van der Waals surface area (Å²) in [6.07, 6.45) is 0. The molecule has 7 heteroatoms. The molecule has 0 aromatic carbocycles. The van der Waals surface area contributed by atoms with Crippen LogP contribution >= 0.6 is 45.8 Å². The van der Waals surface area contributed by atoms with Crippen LogP contribution in [0.25, 0.3) is 0 Å². The number of rotatable bonds is 0. The van der Waals surface area contributed by atoms with Gasteiger partial charge in [-0.1, -0.05) is 0 Å².